The Morgan fingerprint density at radius 3 is 2.56 bits per heavy atom. The zero-order chi connectivity index (χ0) is 13.1. The van der Waals surface area contributed by atoms with E-state index in [0.717, 1.165) is 22.4 Å². The summed E-state index contributed by atoms with van der Waals surface area (Å²) in [4.78, 5) is 6.14. The Morgan fingerprint density at radius 2 is 1.89 bits per heavy atom. The highest BCUT2D eigenvalue weighted by atomic mass is 16.3. The Hall–Kier alpha value is -1.87. The molecule has 0 amide bonds. The fourth-order valence-corrected chi connectivity index (χ4v) is 1.89. The highest BCUT2D eigenvalue weighted by Crippen LogP contribution is 2.24. The van der Waals surface area contributed by atoms with Crippen molar-refractivity contribution in [3.05, 3.63) is 59.4 Å². The molecule has 1 unspecified atom stereocenters. The Kier molecular flexibility index (Phi) is 3.63. The first-order valence-electron chi connectivity index (χ1n) is 5.95. The lowest BCUT2D eigenvalue weighted by molar-refractivity contribution is 0.220. The second-order valence-electron chi connectivity index (χ2n) is 4.69. The van der Waals surface area contributed by atoms with Crippen LogP contribution in [0.25, 0.3) is 0 Å². The summed E-state index contributed by atoms with van der Waals surface area (Å²) in [5.41, 5.74) is 3.84. The summed E-state index contributed by atoms with van der Waals surface area (Å²) in [6.07, 6.45) is 2.87. The lowest BCUT2D eigenvalue weighted by Gasteiger charge is -2.16. The van der Waals surface area contributed by atoms with Gasteiger partial charge in [0.1, 0.15) is 6.10 Å². The molecule has 2 rings (SSSR count). The number of aliphatic hydroxyl groups excluding tert-OH is 1. The molecule has 1 aromatic carbocycles. The number of rotatable bonds is 3. The van der Waals surface area contributed by atoms with Crippen molar-refractivity contribution in [1.29, 1.82) is 0 Å². The Balaban J connectivity index is 2.33. The van der Waals surface area contributed by atoms with Crippen LogP contribution in [0.5, 0.6) is 0 Å². The molecule has 3 heteroatoms. The molecule has 0 bridgehead atoms. The molecular weight excluding hydrogens is 224 g/mol. The smallest absolute Gasteiger partial charge is 0.106 e. The zero-order valence-electron chi connectivity index (χ0n) is 11.0. The summed E-state index contributed by atoms with van der Waals surface area (Å²) < 4.78 is 0. The number of benzene rings is 1. The van der Waals surface area contributed by atoms with Gasteiger partial charge in [-0.1, -0.05) is 18.2 Å². The molecule has 0 radical (unpaired) electrons. The minimum Gasteiger partial charge on any atom is -0.384 e. The van der Waals surface area contributed by atoms with E-state index in [2.05, 4.69) is 4.98 Å². The fraction of sp³-hybridized carbons (Fsp3) is 0.267. The Morgan fingerprint density at radius 1 is 1.11 bits per heavy atom. The first-order valence-corrected chi connectivity index (χ1v) is 5.95. The van der Waals surface area contributed by atoms with Crippen LogP contribution in [-0.4, -0.2) is 24.2 Å². The molecule has 18 heavy (non-hydrogen) atoms. The maximum atomic E-state index is 10.4. The minimum absolute atomic E-state index is 0.628. The molecule has 1 N–H and O–H groups in total. The lowest BCUT2D eigenvalue weighted by Crippen LogP contribution is -2.09. The molecule has 1 aromatic heterocycles. The number of pyridine rings is 1. The molecular formula is C15H18N2O. The van der Waals surface area contributed by atoms with Gasteiger partial charge in [0, 0.05) is 37.7 Å². The lowest BCUT2D eigenvalue weighted by atomic mass is 10.0. The molecule has 0 fully saturated rings. The highest BCUT2D eigenvalue weighted by Gasteiger charge is 2.11. The van der Waals surface area contributed by atoms with Crippen LogP contribution in [0, 0.1) is 6.92 Å². The molecule has 0 spiro atoms. The van der Waals surface area contributed by atoms with Crippen LogP contribution in [-0.2, 0) is 0 Å². The number of hydrogen-bond donors (Lipinski definition) is 1. The number of aliphatic hydroxyl groups is 1. The SMILES string of the molecule is Cc1cncc(C(O)c2cccc(N(C)C)c2)c1. The van der Waals surface area contributed by atoms with Crippen molar-refractivity contribution in [2.45, 2.75) is 13.0 Å². The monoisotopic (exact) mass is 242 g/mol. The standard InChI is InChI=1S/C15H18N2O/c1-11-7-13(10-16-9-11)15(18)12-5-4-6-14(8-12)17(2)3/h4-10,15,18H,1-3H3. The molecule has 0 saturated heterocycles. The van der Waals surface area contributed by atoms with Gasteiger partial charge in [-0.15, -0.1) is 0 Å². The predicted octanol–water partition coefficient (Wildman–Crippen LogP) is 2.54. The van der Waals surface area contributed by atoms with Crippen molar-refractivity contribution in [3.8, 4) is 0 Å². The molecule has 3 nitrogen and oxygen atoms in total. The Labute approximate surface area is 108 Å². The van der Waals surface area contributed by atoms with Crippen LogP contribution < -0.4 is 4.90 Å². The van der Waals surface area contributed by atoms with Crippen LogP contribution in [0.15, 0.2) is 42.7 Å². The number of aryl methyl sites for hydroxylation is 1. The van der Waals surface area contributed by atoms with Crippen LogP contribution in [0.1, 0.15) is 22.8 Å². The summed E-state index contributed by atoms with van der Waals surface area (Å²) in [5, 5.41) is 10.4. The van der Waals surface area contributed by atoms with Gasteiger partial charge in [-0.25, -0.2) is 0 Å². The summed E-state index contributed by atoms with van der Waals surface area (Å²) >= 11 is 0. The normalized spacial score (nSPS) is 12.2. The van der Waals surface area contributed by atoms with E-state index in [1.807, 2.05) is 56.3 Å². The van der Waals surface area contributed by atoms with Crippen molar-refractivity contribution in [2.75, 3.05) is 19.0 Å². The first-order chi connectivity index (χ1) is 8.58. The van der Waals surface area contributed by atoms with Crippen LogP contribution in [0.3, 0.4) is 0 Å². The maximum Gasteiger partial charge on any atom is 0.106 e. The van der Waals surface area contributed by atoms with E-state index in [9.17, 15) is 5.11 Å². The van der Waals surface area contributed by atoms with Gasteiger partial charge in [0.25, 0.3) is 0 Å². The van der Waals surface area contributed by atoms with Gasteiger partial charge in [-0.3, -0.25) is 4.98 Å². The average molecular weight is 242 g/mol. The third-order valence-corrected chi connectivity index (χ3v) is 2.91. The van der Waals surface area contributed by atoms with Crippen LogP contribution in [0.4, 0.5) is 5.69 Å². The molecule has 1 heterocycles. The maximum absolute atomic E-state index is 10.4. The van der Waals surface area contributed by atoms with Gasteiger partial charge in [0.15, 0.2) is 0 Å². The number of hydrogen-bond acceptors (Lipinski definition) is 3. The third kappa shape index (κ3) is 2.68. The van der Waals surface area contributed by atoms with Gasteiger partial charge in [0.05, 0.1) is 0 Å². The van der Waals surface area contributed by atoms with E-state index >= 15 is 0 Å². The molecule has 0 aliphatic rings. The predicted molar refractivity (Wildman–Crippen MR) is 73.8 cm³/mol. The molecule has 1 atom stereocenters. The van der Waals surface area contributed by atoms with Crippen molar-refractivity contribution in [1.82, 2.24) is 4.98 Å². The van der Waals surface area contributed by atoms with Gasteiger partial charge in [-0.05, 0) is 30.2 Å². The third-order valence-electron chi connectivity index (χ3n) is 2.91. The van der Waals surface area contributed by atoms with Crippen molar-refractivity contribution in [3.63, 3.8) is 0 Å². The summed E-state index contributed by atoms with van der Waals surface area (Å²) in [7, 11) is 3.97. The summed E-state index contributed by atoms with van der Waals surface area (Å²) in [5.74, 6) is 0. The number of nitrogens with zero attached hydrogens (tertiary/aromatic N) is 2. The number of anilines is 1. The topological polar surface area (TPSA) is 36.4 Å². The largest absolute Gasteiger partial charge is 0.384 e. The average Bonchev–Trinajstić information content (AvgIpc) is 2.38. The fourth-order valence-electron chi connectivity index (χ4n) is 1.89. The molecule has 2 aromatic rings. The molecule has 0 aliphatic heterocycles. The van der Waals surface area contributed by atoms with E-state index in [1.165, 1.54) is 0 Å². The second kappa shape index (κ2) is 5.19. The Bertz CT molecular complexity index is 538. The van der Waals surface area contributed by atoms with Gasteiger partial charge < -0.3 is 10.0 Å². The first kappa shape index (κ1) is 12.6. The number of aromatic nitrogens is 1. The van der Waals surface area contributed by atoms with Crippen LogP contribution >= 0.6 is 0 Å². The van der Waals surface area contributed by atoms with Crippen molar-refractivity contribution >= 4 is 5.69 Å². The summed E-state index contributed by atoms with van der Waals surface area (Å²) in [6.45, 7) is 1.97. The zero-order valence-corrected chi connectivity index (χ0v) is 11.0. The quantitative estimate of drug-likeness (QED) is 0.898. The molecule has 0 saturated carbocycles. The van der Waals surface area contributed by atoms with Crippen LogP contribution in [0.2, 0.25) is 0 Å². The van der Waals surface area contributed by atoms with Crippen molar-refractivity contribution in [2.24, 2.45) is 0 Å². The van der Waals surface area contributed by atoms with E-state index in [1.54, 1.807) is 12.4 Å². The second-order valence-corrected chi connectivity index (χ2v) is 4.69. The van der Waals surface area contributed by atoms with Gasteiger partial charge in [0.2, 0.25) is 0 Å². The van der Waals surface area contributed by atoms with Gasteiger partial charge in [-0.2, -0.15) is 0 Å². The van der Waals surface area contributed by atoms with E-state index in [-0.39, 0.29) is 0 Å². The summed E-state index contributed by atoms with van der Waals surface area (Å²) in [6, 6.07) is 9.86. The van der Waals surface area contributed by atoms with Gasteiger partial charge >= 0.3 is 0 Å². The molecule has 0 aliphatic carbocycles. The van der Waals surface area contributed by atoms with E-state index < -0.39 is 6.10 Å². The van der Waals surface area contributed by atoms with Crippen molar-refractivity contribution < 1.29 is 5.11 Å². The van der Waals surface area contributed by atoms with E-state index in [4.69, 9.17) is 0 Å². The highest BCUT2D eigenvalue weighted by molar-refractivity contribution is 5.48. The minimum atomic E-state index is -0.628. The van der Waals surface area contributed by atoms with E-state index in [0.29, 0.717) is 0 Å². The molecule has 94 valence electrons.